The second-order valence-corrected chi connectivity index (χ2v) is 4.04. The molecule has 0 fully saturated rings. The van der Waals surface area contributed by atoms with Crippen molar-refractivity contribution < 1.29 is 0 Å². The van der Waals surface area contributed by atoms with Crippen LogP contribution in [0.25, 0.3) is 22.9 Å². The maximum Gasteiger partial charge on any atom is 0.181 e. The summed E-state index contributed by atoms with van der Waals surface area (Å²) in [6.45, 7) is 0. The van der Waals surface area contributed by atoms with Gasteiger partial charge < -0.3 is 0 Å². The van der Waals surface area contributed by atoms with Crippen LogP contribution in [0.1, 0.15) is 0 Å². The Morgan fingerprint density at radius 3 is 2.61 bits per heavy atom. The number of aromatic amines is 1. The molecule has 3 rings (SSSR count). The molecule has 0 amide bonds. The van der Waals surface area contributed by atoms with Crippen molar-refractivity contribution in [2.24, 2.45) is 0 Å². The van der Waals surface area contributed by atoms with Gasteiger partial charge in [-0.1, -0.05) is 11.6 Å². The summed E-state index contributed by atoms with van der Waals surface area (Å²) in [5, 5.41) is 7.67. The van der Waals surface area contributed by atoms with Gasteiger partial charge in [0.15, 0.2) is 11.6 Å². The maximum absolute atomic E-state index is 5.83. The van der Waals surface area contributed by atoms with Gasteiger partial charge in [0.25, 0.3) is 0 Å². The minimum Gasteiger partial charge on any atom is -0.261 e. The SMILES string of the molecule is Clc1ccc(-c2n[nH]c(-c3cnccn3)n2)cc1. The van der Waals surface area contributed by atoms with E-state index < -0.39 is 0 Å². The smallest absolute Gasteiger partial charge is 0.181 e. The summed E-state index contributed by atoms with van der Waals surface area (Å²) >= 11 is 5.83. The molecule has 1 aromatic carbocycles. The highest BCUT2D eigenvalue weighted by Crippen LogP contribution is 2.19. The van der Waals surface area contributed by atoms with Gasteiger partial charge in [0.05, 0.1) is 6.20 Å². The molecule has 0 saturated heterocycles. The van der Waals surface area contributed by atoms with Crippen molar-refractivity contribution in [2.75, 3.05) is 0 Å². The zero-order valence-electron chi connectivity index (χ0n) is 9.21. The van der Waals surface area contributed by atoms with E-state index in [9.17, 15) is 0 Å². The molecular weight excluding hydrogens is 250 g/mol. The summed E-state index contributed by atoms with van der Waals surface area (Å²) < 4.78 is 0. The van der Waals surface area contributed by atoms with Crippen LogP contribution < -0.4 is 0 Å². The number of nitrogens with one attached hydrogen (secondary N) is 1. The first-order chi connectivity index (χ1) is 8.83. The van der Waals surface area contributed by atoms with E-state index in [2.05, 4.69) is 25.1 Å². The van der Waals surface area contributed by atoms with Crippen molar-refractivity contribution in [1.29, 1.82) is 0 Å². The highest BCUT2D eigenvalue weighted by Gasteiger charge is 2.08. The Morgan fingerprint density at radius 1 is 1.06 bits per heavy atom. The monoisotopic (exact) mass is 257 g/mol. The summed E-state index contributed by atoms with van der Waals surface area (Å²) in [6, 6.07) is 7.34. The lowest BCUT2D eigenvalue weighted by atomic mass is 10.2. The highest BCUT2D eigenvalue weighted by molar-refractivity contribution is 6.30. The molecule has 0 aliphatic carbocycles. The molecule has 0 unspecified atom stereocenters. The third-order valence-electron chi connectivity index (χ3n) is 2.39. The van der Waals surface area contributed by atoms with Gasteiger partial charge in [0.2, 0.25) is 0 Å². The first-order valence-electron chi connectivity index (χ1n) is 5.27. The Morgan fingerprint density at radius 2 is 1.89 bits per heavy atom. The summed E-state index contributed by atoms with van der Waals surface area (Å²) in [6.07, 6.45) is 4.85. The number of H-pyrrole nitrogens is 1. The Labute approximate surface area is 108 Å². The fraction of sp³-hybridized carbons (Fsp3) is 0. The number of rotatable bonds is 2. The number of halogens is 1. The van der Waals surface area contributed by atoms with Crippen molar-refractivity contribution in [3.8, 4) is 22.9 Å². The first-order valence-corrected chi connectivity index (χ1v) is 5.65. The molecule has 0 atom stereocenters. The van der Waals surface area contributed by atoms with Crippen LogP contribution in [0.4, 0.5) is 0 Å². The molecule has 0 saturated carbocycles. The minimum atomic E-state index is 0.591. The number of hydrogen-bond donors (Lipinski definition) is 1. The topological polar surface area (TPSA) is 67.3 Å². The van der Waals surface area contributed by atoms with Gasteiger partial charge in [-0.25, -0.2) is 9.97 Å². The Balaban J connectivity index is 1.97. The zero-order valence-corrected chi connectivity index (χ0v) is 9.96. The third kappa shape index (κ3) is 2.08. The fourth-order valence-corrected chi connectivity index (χ4v) is 1.65. The van der Waals surface area contributed by atoms with Crippen LogP contribution in [0.2, 0.25) is 5.02 Å². The molecule has 0 radical (unpaired) electrons. The molecule has 6 heteroatoms. The van der Waals surface area contributed by atoms with Gasteiger partial charge in [-0.05, 0) is 24.3 Å². The lowest BCUT2D eigenvalue weighted by molar-refractivity contribution is 1.08. The van der Waals surface area contributed by atoms with Crippen molar-refractivity contribution in [1.82, 2.24) is 25.1 Å². The molecule has 2 heterocycles. The summed E-state index contributed by atoms with van der Waals surface area (Å²) in [5.41, 5.74) is 1.55. The number of nitrogens with zero attached hydrogens (tertiary/aromatic N) is 4. The Bertz CT molecular complexity index is 648. The van der Waals surface area contributed by atoms with E-state index in [1.807, 2.05) is 12.1 Å². The predicted octanol–water partition coefficient (Wildman–Crippen LogP) is 2.58. The molecule has 3 aromatic rings. The second-order valence-electron chi connectivity index (χ2n) is 3.61. The largest absolute Gasteiger partial charge is 0.261 e. The molecule has 1 N–H and O–H groups in total. The third-order valence-corrected chi connectivity index (χ3v) is 2.65. The minimum absolute atomic E-state index is 0.591. The molecule has 0 bridgehead atoms. The Hall–Kier alpha value is -2.27. The van der Waals surface area contributed by atoms with Crippen molar-refractivity contribution >= 4 is 11.6 Å². The molecular formula is C12H8ClN5. The van der Waals surface area contributed by atoms with Gasteiger partial charge in [0, 0.05) is 23.0 Å². The van der Waals surface area contributed by atoms with Crippen LogP contribution in [-0.4, -0.2) is 25.1 Å². The van der Waals surface area contributed by atoms with Gasteiger partial charge in [-0.3, -0.25) is 10.1 Å². The van der Waals surface area contributed by atoms with Crippen LogP contribution >= 0.6 is 11.6 Å². The van der Waals surface area contributed by atoms with E-state index >= 15 is 0 Å². The van der Waals surface area contributed by atoms with Crippen molar-refractivity contribution in [2.45, 2.75) is 0 Å². The maximum atomic E-state index is 5.83. The Kier molecular flexibility index (Phi) is 2.74. The average molecular weight is 258 g/mol. The normalized spacial score (nSPS) is 10.5. The average Bonchev–Trinajstić information content (AvgIpc) is 2.90. The summed E-state index contributed by atoms with van der Waals surface area (Å²) in [5.74, 6) is 1.19. The van der Waals surface area contributed by atoms with Crippen LogP contribution in [0.5, 0.6) is 0 Å². The molecule has 0 spiro atoms. The van der Waals surface area contributed by atoms with E-state index in [1.165, 1.54) is 0 Å². The summed E-state index contributed by atoms with van der Waals surface area (Å²) in [4.78, 5) is 12.5. The number of aromatic nitrogens is 5. The van der Waals surface area contributed by atoms with Gasteiger partial charge in [-0.15, -0.1) is 0 Å². The van der Waals surface area contributed by atoms with Crippen molar-refractivity contribution in [3.05, 3.63) is 47.9 Å². The predicted molar refractivity (Wildman–Crippen MR) is 67.9 cm³/mol. The number of hydrogen-bond acceptors (Lipinski definition) is 4. The van der Waals surface area contributed by atoms with Gasteiger partial charge in [0.1, 0.15) is 5.69 Å². The van der Waals surface area contributed by atoms with E-state index in [1.54, 1.807) is 30.7 Å². The van der Waals surface area contributed by atoms with Crippen LogP contribution in [0, 0.1) is 0 Å². The lowest BCUT2D eigenvalue weighted by Gasteiger charge is -1.94. The lowest BCUT2D eigenvalue weighted by Crippen LogP contribution is -1.86. The standard InChI is InChI=1S/C12H8ClN5/c13-9-3-1-8(2-4-9)11-16-12(18-17-11)10-7-14-5-6-15-10/h1-7H,(H,16,17,18). The van der Waals surface area contributed by atoms with Gasteiger partial charge in [-0.2, -0.15) is 5.10 Å². The number of benzene rings is 1. The quantitative estimate of drug-likeness (QED) is 0.766. The second kappa shape index (κ2) is 4.54. The van der Waals surface area contributed by atoms with Crippen LogP contribution in [-0.2, 0) is 0 Å². The van der Waals surface area contributed by atoms with E-state index in [0.29, 0.717) is 22.4 Å². The zero-order chi connectivity index (χ0) is 12.4. The van der Waals surface area contributed by atoms with Crippen LogP contribution in [0.15, 0.2) is 42.9 Å². The molecule has 5 nitrogen and oxygen atoms in total. The summed E-state index contributed by atoms with van der Waals surface area (Å²) in [7, 11) is 0. The molecule has 2 aromatic heterocycles. The molecule has 0 aliphatic heterocycles. The van der Waals surface area contributed by atoms with Crippen molar-refractivity contribution in [3.63, 3.8) is 0 Å². The van der Waals surface area contributed by atoms with E-state index in [-0.39, 0.29) is 0 Å². The van der Waals surface area contributed by atoms with Gasteiger partial charge >= 0.3 is 0 Å². The van der Waals surface area contributed by atoms with E-state index in [4.69, 9.17) is 11.6 Å². The molecule has 88 valence electrons. The fourth-order valence-electron chi connectivity index (χ4n) is 1.53. The first kappa shape index (κ1) is 10.9. The van der Waals surface area contributed by atoms with Crippen LogP contribution in [0.3, 0.4) is 0 Å². The molecule has 0 aliphatic rings. The highest BCUT2D eigenvalue weighted by atomic mass is 35.5. The van der Waals surface area contributed by atoms with E-state index in [0.717, 1.165) is 5.56 Å². The molecule has 18 heavy (non-hydrogen) atoms.